The second kappa shape index (κ2) is 25.7. The molecule has 67 heavy (non-hydrogen) atoms. The number of thioether (sulfide) groups is 1. The normalized spacial score (nSPS) is 15.2. The molecule has 12 heteroatoms. The third-order valence-electron chi connectivity index (χ3n) is 13.0. The van der Waals surface area contributed by atoms with Gasteiger partial charge in [0.15, 0.2) is 0 Å². The zero-order chi connectivity index (χ0) is 49.4. The summed E-state index contributed by atoms with van der Waals surface area (Å²) in [6.07, 6.45) is 16.0. The molecule has 1 aliphatic heterocycles. The molecule has 0 aliphatic carbocycles. The van der Waals surface area contributed by atoms with Crippen LogP contribution in [0.5, 0.6) is 0 Å². The van der Waals surface area contributed by atoms with E-state index >= 15 is 0 Å². The Kier molecular flexibility index (Phi) is 20.8. The highest BCUT2D eigenvalue weighted by molar-refractivity contribution is 7.99. The average molecular weight is 932 g/mol. The molecule has 1 saturated heterocycles. The minimum absolute atomic E-state index is 0.0464. The summed E-state index contributed by atoms with van der Waals surface area (Å²) in [5.74, 6) is 7.43. The Morgan fingerprint density at radius 3 is 2.48 bits per heavy atom. The maximum Gasteiger partial charge on any atom is 0.246 e. The van der Waals surface area contributed by atoms with Gasteiger partial charge in [0.1, 0.15) is 24.5 Å². The lowest BCUT2D eigenvalue weighted by molar-refractivity contribution is -0.126. The Labute approximate surface area is 405 Å². The summed E-state index contributed by atoms with van der Waals surface area (Å²) in [6.45, 7) is 27.4. The first-order chi connectivity index (χ1) is 31.9. The summed E-state index contributed by atoms with van der Waals surface area (Å²) in [4.78, 5) is 44.7. The molecule has 0 radical (unpaired) electrons. The van der Waals surface area contributed by atoms with E-state index in [-0.39, 0.29) is 41.0 Å². The summed E-state index contributed by atoms with van der Waals surface area (Å²) in [6, 6.07) is 19.4. The number of carbonyl (C=O) groups is 3. The Bertz CT molecular complexity index is 2360. The number of nitrogens with one attached hydrogen (secondary N) is 1. The van der Waals surface area contributed by atoms with Crippen molar-refractivity contribution in [3.05, 3.63) is 103 Å². The molecular weight excluding hydrogens is 855 g/mol. The van der Waals surface area contributed by atoms with Crippen LogP contribution in [0.3, 0.4) is 0 Å². The fourth-order valence-corrected chi connectivity index (χ4v) is 10.2. The molecule has 5 rings (SSSR count). The molecule has 2 aromatic heterocycles. The van der Waals surface area contributed by atoms with Crippen molar-refractivity contribution in [1.82, 2.24) is 24.8 Å². The van der Waals surface area contributed by atoms with Crippen LogP contribution in [-0.4, -0.2) is 81.4 Å². The van der Waals surface area contributed by atoms with Gasteiger partial charge in [-0.1, -0.05) is 98.4 Å². The van der Waals surface area contributed by atoms with Gasteiger partial charge in [-0.3, -0.25) is 30.6 Å². The van der Waals surface area contributed by atoms with Gasteiger partial charge in [-0.15, -0.1) is 11.8 Å². The first kappa shape index (κ1) is 54.3. The highest BCUT2D eigenvalue weighted by Crippen LogP contribution is 2.42. The van der Waals surface area contributed by atoms with Crippen molar-refractivity contribution in [1.29, 1.82) is 0 Å². The molecule has 0 bridgehead atoms. The van der Waals surface area contributed by atoms with E-state index < -0.39 is 0 Å². The van der Waals surface area contributed by atoms with Gasteiger partial charge in [-0.2, -0.15) is 0 Å². The first-order valence-corrected chi connectivity index (χ1v) is 25.0. The van der Waals surface area contributed by atoms with E-state index in [1.807, 2.05) is 38.9 Å². The van der Waals surface area contributed by atoms with Gasteiger partial charge in [-0.05, 0) is 103 Å². The van der Waals surface area contributed by atoms with E-state index in [0.717, 1.165) is 73.5 Å². The Morgan fingerprint density at radius 1 is 1.10 bits per heavy atom. The summed E-state index contributed by atoms with van der Waals surface area (Å²) in [5.41, 5.74) is 18.4. The smallest absolute Gasteiger partial charge is 0.246 e. The number of hydrogen-bond acceptors (Lipinski definition) is 9. The van der Waals surface area contributed by atoms with Crippen LogP contribution < -0.4 is 17.0 Å². The number of likely N-dealkylation sites (N-methyl/N-ethyl adjacent to an activating group) is 1. The lowest BCUT2D eigenvalue weighted by atomic mass is 9.83. The first-order valence-electron chi connectivity index (χ1n) is 23.9. The lowest BCUT2D eigenvalue weighted by Gasteiger charge is -2.39. The van der Waals surface area contributed by atoms with Crippen molar-refractivity contribution in [2.75, 3.05) is 38.4 Å². The Morgan fingerprint density at radius 2 is 1.84 bits per heavy atom. The zero-order valence-electron chi connectivity index (χ0n) is 41.7. The molecular formula is C55H77N7O4S. The minimum Gasteiger partial charge on any atom is -0.446 e. The topological polar surface area (TPSA) is 149 Å². The Hall–Kier alpha value is -5.35. The average Bonchev–Trinajstić information content (AvgIpc) is 3.62. The predicted octanol–water partition coefficient (Wildman–Crippen LogP) is 9.74. The molecule has 4 atom stereocenters. The largest absolute Gasteiger partial charge is 0.446 e. The van der Waals surface area contributed by atoms with E-state index in [0.29, 0.717) is 37.2 Å². The van der Waals surface area contributed by atoms with Gasteiger partial charge < -0.3 is 24.8 Å². The molecule has 1 fully saturated rings. The number of Topliss-reactive ketones (excluding diaryl/α,β-unsaturated/α-hetero) is 1. The summed E-state index contributed by atoms with van der Waals surface area (Å²) < 4.78 is 7.95. The number of hydrogen-bond donors (Lipinski definition) is 3. The SMILES string of the molecule is C#COCC(C)(C)Cc1c(-c2cccnc2C(C)CC)n(CC)c2ccc(-c3cccc(CCC(=O)C(C)CCCNN)c3)cc12.C=CC(=O)N1CSCC(C(=C)N(C)C(C(N)=O)C(C)C)C1. The molecule has 0 spiro atoms. The van der Waals surface area contributed by atoms with Crippen LogP contribution in [-0.2, 0) is 38.5 Å². The van der Waals surface area contributed by atoms with E-state index in [1.165, 1.54) is 39.4 Å². The number of benzene rings is 2. The standard InChI is InChI=1S/C40H52N4O2.C15H25N3O2S/c1-8-28(4)38-33(17-13-22-42-38)39-35(26-40(6,7)27-46-10-3)34-25-32(19-20-36(34)44(39)9-2)31-16-11-15-30(24-31)18-21-37(45)29(5)14-12-23-43-41;1-6-13(19)18-7-12(8-21-9-18)11(4)17(5)14(10(2)3)15(16)20/h3,11,13,15-17,19-20,22,24-25,28-29,43H,8-9,12,14,18,21,23,26-27,41H2,1-2,4-7H3;6,10,12,14H,1,4,7-9H2,2-3,5H3,(H2,16,20). The third-order valence-corrected chi connectivity index (χ3v) is 14.2. The van der Waals surface area contributed by atoms with Crippen molar-refractivity contribution in [3.8, 4) is 34.9 Å². The lowest BCUT2D eigenvalue weighted by Crippen LogP contribution is -2.49. The molecule has 2 aromatic carbocycles. The number of aromatic nitrogens is 2. The number of fused-ring (bicyclic) bond motifs is 1. The zero-order valence-corrected chi connectivity index (χ0v) is 42.5. The van der Waals surface area contributed by atoms with Crippen molar-refractivity contribution in [2.24, 2.45) is 34.7 Å². The van der Waals surface area contributed by atoms with Crippen LogP contribution in [0.15, 0.2) is 85.7 Å². The molecule has 4 unspecified atom stereocenters. The van der Waals surface area contributed by atoms with Crippen LogP contribution in [0.1, 0.15) is 104 Å². The number of carbonyl (C=O) groups excluding carboxylic acids is 3. The number of nitrogens with zero attached hydrogens (tertiary/aromatic N) is 4. The second-order valence-electron chi connectivity index (χ2n) is 19.1. The van der Waals surface area contributed by atoms with Crippen LogP contribution in [0.2, 0.25) is 0 Å². The monoisotopic (exact) mass is 932 g/mol. The Balaban J connectivity index is 0.000000391. The quantitative estimate of drug-likeness (QED) is 0.0217. The maximum atomic E-state index is 12.8. The van der Waals surface area contributed by atoms with E-state index in [9.17, 15) is 14.4 Å². The van der Waals surface area contributed by atoms with Crippen molar-refractivity contribution in [2.45, 2.75) is 112 Å². The van der Waals surface area contributed by atoms with Crippen LogP contribution >= 0.6 is 11.8 Å². The highest BCUT2D eigenvalue weighted by atomic mass is 32.2. The number of pyridine rings is 1. The van der Waals surface area contributed by atoms with Crippen molar-refractivity contribution in [3.63, 3.8) is 0 Å². The molecule has 362 valence electrons. The van der Waals surface area contributed by atoms with Gasteiger partial charge in [-0.25, -0.2) is 0 Å². The predicted molar refractivity (Wildman–Crippen MR) is 279 cm³/mol. The molecule has 3 heterocycles. The number of rotatable bonds is 23. The van der Waals surface area contributed by atoms with Crippen LogP contribution in [0, 0.1) is 35.7 Å². The minimum atomic E-state index is -0.381. The van der Waals surface area contributed by atoms with E-state index in [1.54, 1.807) is 16.7 Å². The van der Waals surface area contributed by atoms with E-state index in [4.69, 9.17) is 27.7 Å². The van der Waals surface area contributed by atoms with Crippen LogP contribution in [0.25, 0.3) is 33.3 Å². The maximum absolute atomic E-state index is 12.8. The number of ether oxygens (including phenoxy) is 1. The van der Waals surface area contributed by atoms with Gasteiger partial charge in [0, 0.05) is 84.5 Å². The number of nitrogens with two attached hydrogens (primary N) is 2. The fourth-order valence-electron chi connectivity index (χ4n) is 9.08. The van der Waals surface area contributed by atoms with Gasteiger partial charge >= 0.3 is 0 Å². The summed E-state index contributed by atoms with van der Waals surface area (Å²) in [7, 11) is 1.84. The number of primary amides is 1. The van der Waals surface area contributed by atoms with Gasteiger partial charge in [0.2, 0.25) is 11.8 Å². The molecule has 0 saturated carbocycles. The molecule has 4 aromatic rings. The van der Waals surface area contributed by atoms with Crippen molar-refractivity contribution < 1.29 is 19.1 Å². The summed E-state index contributed by atoms with van der Waals surface area (Å²) >= 11 is 1.68. The number of aryl methyl sites for hydroxylation is 2. The number of ketones is 1. The molecule has 11 nitrogen and oxygen atoms in total. The van der Waals surface area contributed by atoms with Gasteiger partial charge in [0.05, 0.1) is 17.3 Å². The van der Waals surface area contributed by atoms with Crippen LogP contribution in [0.4, 0.5) is 0 Å². The fraction of sp³-hybridized carbons (Fsp3) is 0.491. The third kappa shape index (κ3) is 14.3. The highest BCUT2D eigenvalue weighted by Gasteiger charge is 2.32. The molecule has 1 aliphatic rings. The molecule has 5 N–H and O–H groups in total. The van der Waals surface area contributed by atoms with Crippen molar-refractivity contribution >= 4 is 40.3 Å². The number of amides is 2. The number of terminal acetylenes is 1. The van der Waals surface area contributed by atoms with Gasteiger partial charge in [0.25, 0.3) is 0 Å². The number of hydrazine groups is 1. The summed E-state index contributed by atoms with van der Waals surface area (Å²) in [5, 5.41) is 1.24. The molecule has 2 amide bonds. The van der Waals surface area contributed by atoms with E-state index in [2.05, 4.69) is 118 Å². The second-order valence-corrected chi connectivity index (χ2v) is 20.1.